The van der Waals surface area contributed by atoms with Crippen LogP contribution in [0.15, 0.2) is 48.5 Å². The van der Waals surface area contributed by atoms with E-state index < -0.39 is 12.7 Å². The molecule has 0 aliphatic rings. The number of aryl methyl sites for hydroxylation is 1. The van der Waals surface area contributed by atoms with E-state index in [4.69, 9.17) is 0 Å². The van der Waals surface area contributed by atoms with Crippen molar-refractivity contribution in [3.63, 3.8) is 0 Å². The van der Waals surface area contributed by atoms with Crippen molar-refractivity contribution >= 4 is 5.91 Å². The van der Waals surface area contributed by atoms with Crippen LogP contribution in [0.5, 0.6) is 5.75 Å². The van der Waals surface area contributed by atoms with Crippen LogP contribution in [-0.4, -0.2) is 31.5 Å². The number of halogens is 2. The normalized spacial score (nSPS) is 12.3. The fraction of sp³-hybridized carbons (Fsp3) is 0.316. The Labute approximate surface area is 146 Å². The van der Waals surface area contributed by atoms with Crippen LogP contribution in [0.2, 0.25) is 0 Å². The van der Waals surface area contributed by atoms with Crippen molar-refractivity contribution in [2.45, 2.75) is 26.1 Å². The molecule has 0 radical (unpaired) electrons. The lowest BCUT2D eigenvalue weighted by Crippen LogP contribution is -2.36. The highest BCUT2D eigenvalue weighted by Crippen LogP contribution is 2.20. The van der Waals surface area contributed by atoms with Gasteiger partial charge >= 0.3 is 6.61 Å². The summed E-state index contributed by atoms with van der Waals surface area (Å²) in [6.07, 6.45) is 0. The Morgan fingerprint density at radius 1 is 1.16 bits per heavy atom. The Morgan fingerprint density at radius 3 is 2.52 bits per heavy atom. The molecule has 0 bridgehead atoms. The van der Waals surface area contributed by atoms with Crippen LogP contribution >= 0.6 is 0 Å². The highest BCUT2D eigenvalue weighted by molar-refractivity contribution is 5.83. The number of nitrogens with one attached hydrogen (secondary N) is 1. The van der Waals surface area contributed by atoms with Gasteiger partial charge in [-0.05, 0) is 44.3 Å². The van der Waals surface area contributed by atoms with Gasteiger partial charge in [0.05, 0.1) is 0 Å². The summed E-state index contributed by atoms with van der Waals surface area (Å²) in [7, 11) is 3.67. The maximum atomic E-state index is 12.6. The lowest BCUT2D eigenvalue weighted by molar-refractivity contribution is -0.126. The van der Waals surface area contributed by atoms with Crippen LogP contribution in [0.1, 0.15) is 22.7 Å². The summed E-state index contributed by atoms with van der Waals surface area (Å²) in [5.74, 6) is -0.0830. The van der Waals surface area contributed by atoms with Gasteiger partial charge in [0.1, 0.15) is 11.8 Å². The minimum absolute atomic E-state index is 0.0737. The summed E-state index contributed by atoms with van der Waals surface area (Å²) in [6, 6.07) is 13.6. The number of alkyl halides is 2. The van der Waals surface area contributed by atoms with E-state index in [2.05, 4.69) is 10.1 Å². The molecule has 2 aromatic carbocycles. The van der Waals surface area contributed by atoms with Crippen LogP contribution in [0.3, 0.4) is 0 Å². The fourth-order valence-corrected chi connectivity index (χ4v) is 2.64. The first-order chi connectivity index (χ1) is 11.9. The maximum absolute atomic E-state index is 12.6. The molecule has 25 heavy (non-hydrogen) atoms. The number of ether oxygens (including phenoxy) is 1. The molecule has 0 aromatic heterocycles. The van der Waals surface area contributed by atoms with Crippen molar-refractivity contribution in [1.29, 1.82) is 0 Å². The van der Waals surface area contributed by atoms with Crippen LogP contribution in [0, 0.1) is 6.92 Å². The fourth-order valence-electron chi connectivity index (χ4n) is 2.64. The van der Waals surface area contributed by atoms with Gasteiger partial charge in [-0.15, -0.1) is 0 Å². The molecule has 1 amide bonds. The highest BCUT2D eigenvalue weighted by atomic mass is 19.3. The molecule has 0 aliphatic carbocycles. The Morgan fingerprint density at radius 2 is 1.88 bits per heavy atom. The van der Waals surface area contributed by atoms with Gasteiger partial charge in [0.25, 0.3) is 0 Å². The molecule has 1 atom stereocenters. The zero-order valence-corrected chi connectivity index (χ0v) is 14.5. The molecule has 1 N–H and O–H groups in total. The largest absolute Gasteiger partial charge is 0.435 e. The van der Waals surface area contributed by atoms with Crippen molar-refractivity contribution in [1.82, 2.24) is 10.2 Å². The Balaban J connectivity index is 2.07. The highest BCUT2D eigenvalue weighted by Gasteiger charge is 2.22. The van der Waals surface area contributed by atoms with Crippen molar-refractivity contribution in [2.24, 2.45) is 0 Å². The van der Waals surface area contributed by atoms with E-state index in [0.717, 1.165) is 11.1 Å². The quantitative estimate of drug-likeness (QED) is 0.832. The number of hydrogen-bond donors (Lipinski definition) is 1. The molecule has 0 saturated heterocycles. The van der Waals surface area contributed by atoms with Crippen molar-refractivity contribution in [3.8, 4) is 5.75 Å². The molecule has 0 heterocycles. The number of hydrogen-bond acceptors (Lipinski definition) is 3. The van der Waals surface area contributed by atoms with Crippen molar-refractivity contribution in [2.75, 3.05) is 14.1 Å². The number of likely N-dealkylation sites (N-methyl/N-ethyl adjacent to an activating group) is 1. The number of rotatable bonds is 7. The summed E-state index contributed by atoms with van der Waals surface area (Å²) in [5, 5.41) is 2.86. The van der Waals surface area contributed by atoms with Gasteiger partial charge in [-0.1, -0.05) is 42.0 Å². The molecule has 4 nitrogen and oxygen atoms in total. The summed E-state index contributed by atoms with van der Waals surface area (Å²) in [4.78, 5) is 14.5. The standard InChI is InChI=1S/C19H22F2N2O2/c1-13-6-4-8-15(10-13)17(23(2)3)18(24)22-12-14-7-5-9-16(11-14)25-19(20)21/h4-11,17,19H,12H2,1-3H3,(H,22,24). The molecule has 1 unspecified atom stereocenters. The van der Waals surface area contributed by atoms with E-state index in [1.54, 1.807) is 12.1 Å². The van der Waals surface area contributed by atoms with E-state index in [0.29, 0.717) is 5.56 Å². The molecule has 0 aliphatic heterocycles. The molecular weight excluding hydrogens is 326 g/mol. The minimum atomic E-state index is -2.87. The Kier molecular flexibility index (Phi) is 6.47. The van der Waals surface area contributed by atoms with Gasteiger partial charge in [0, 0.05) is 6.54 Å². The van der Waals surface area contributed by atoms with Gasteiger partial charge in [0.15, 0.2) is 0 Å². The van der Waals surface area contributed by atoms with E-state index >= 15 is 0 Å². The van der Waals surface area contributed by atoms with Gasteiger partial charge in [-0.2, -0.15) is 8.78 Å². The van der Waals surface area contributed by atoms with Gasteiger partial charge in [-0.25, -0.2) is 0 Å². The molecule has 0 fully saturated rings. The second-order valence-electron chi connectivity index (χ2n) is 6.02. The third-order valence-corrected chi connectivity index (χ3v) is 3.71. The topological polar surface area (TPSA) is 41.6 Å². The number of benzene rings is 2. The number of nitrogens with zero attached hydrogens (tertiary/aromatic N) is 1. The van der Waals surface area contributed by atoms with Gasteiger partial charge in [0.2, 0.25) is 5.91 Å². The first kappa shape index (κ1) is 18.9. The zero-order valence-electron chi connectivity index (χ0n) is 14.5. The molecule has 0 spiro atoms. The monoisotopic (exact) mass is 348 g/mol. The summed E-state index contributed by atoms with van der Waals surface area (Å²) in [5.41, 5.74) is 2.67. The second-order valence-corrected chi connectivity index (χ2v) is 6.02. The average Bonchev–Trinajstić information content (AvgIpc) is 2.52. The number of carbonyl (C=O) groups excluding carboxylic acids is 1. The van der Waals surface area contributed by atoms with Crippen LogP contribution in [0.25, 0.3) is 0 Å². The smallest absolute Gasteiger partial charge is 0.387 e. The molecule has 6 heteroatoms. The third-order valence-electron chi connectivity index (χ3n) is 3.71. The minimum Gasteiger partial charge on any atom is -0.435 e. The van der Waals surface area contributed by atoms with E-state index in [-0.39, 0.29) is 18.2 Å². The van der Waals surface area contributed by atoms with Crippen molar-refractivity contribution in [3.05, 3.63) is 65.2 Å². The third kappa shape index (κ3) is 5.53. The molecule has 0 saturated carbocycles. The van der Waals surface area contributed by atoms with Gasteiger partial charge in [-0.3, -0.25) is 9.69 Å². The summed E-state index contributed by atoms with van der Waals surface area (Å²) < 4.78 is 28.9. The van der Waals surface area contributed by atoms with Crippen molar-refractivity contribution < 1.29 is 18.3 Å². The SMILES string of the molecule is Cc1cccc(C(C(=O)NCc2cccc(OC(F)F)c2)N(C)C)c1. The van der Waals surface area contributed by atoms with Crippen LogP contribution in [-0.2, 0) is 11.3 Å². The van der Waals surface area contributed by atoms with E-state index in [9.17, 15) is 13.6 Å². The second kappa shape index (κ2) is 8.58. The first-order valence-electron chi connectivity index (χ1n) is 7.91. The zero-order chi connectivity index (χ0) is 18.4. The summed E-state index contributed by atoms with van der Waals surface area (Å²) >= 11 is 0. The predicted octanol–water partition coefficient (Wildman–Crippen LogP) is 3.52. The van der Waals surface area contributed by atoms with Crippen LogP contribution < -0.4 is 10.1 Å². The number of amides is 1. The first-order valence-corrected chi connectivity index (χ1v) is 7.91. The molecular formula is C19H22F2N2O2. The lowest BCUT2D eigenvalue weighted by atomic mass is 10.0. The Bertz CT molecular complexity index is 720. The molecule has 134 valence electrons. The average molecular weight is 348 g/mol. The van der Waals surface area contributed by atoms with Gasteiger partial charge < -0.3 is 10.1 Å². The van der Waals surface area contributed by atoms with E-state index in [1.165, 1.54) is 12.1 Å². The summed E-state index contributed by atoms with van der Waals surface area (Å²) in [6.45, 7) is -0.665. The van der Waals surface area contributed by atoms with Crippen LogP contribution in [0.4, 0.5) is 8.78 Å². The predicted molar refractivity (Wildman–Crippen MR) is 92.5 cm³/mol. The molecule has 2 aromatic rings. The Hall–Kier alpha value is -2.47. The maximum Gasteiger partial charge on any atom is 0.387 e. The number of carbonyl (C=O) groups is 1. The lowest BCUT2D eigenvalue weighted by Gasteiger charge is -2.24. The molecule has 2 rings (SSSR count). The van der Waals surface area contributed by atoms with E-state index in [1.807, 2.05) is 50.2 Å².